The van der Waals surface area contributed by atoms with Gasteiger partial charge >= 0.3 is 0 Å². The van der Waals surface area contributed by atoms with Crippen molar-refractivity contribution in [2.75, 3.05) is 11.9 Å². The van der Waals surface area contributed by atoms with Crippen LogP contribution >= 0.6 is 0 Å². The predicted octanol–water partition coefficient (Wildman–Crippen LogP) is 3.61. The Morgan fingerprint density at radius 2 is 1.76 bits per heavy atom. The lowest BCUT2D eigenvalue weighted by molar-refractivity contribution is -0.120. The summed E-state index contributed by atoms with van der Waals surface area (Å²) >= 11 is 0. The van der Waals surface area contributed by atoms with E-state index in [0.717, 1.165) is 27.9 Å². The van der Waals surface area contributed by atoms with Crippen LogP contribution in [0.3, 0.4) is 0 Å². The van der Waals surface area contributed by atoms with Gasteiger partial charge in [0, 0.05) is 17.3 Å². The van der Waals surface area contributed by atoms with E-state index in [1.54, 1.807) is 12.1 Å². The highest BCUT2D eigenvalue weighted by Crippen LogP contribution is 2.22. The van der Waals surface area contributed by atoms with Crippen molar-refractivity contribution in [2.45, 2.75) is 20.8 Å². The van der Waals surface area contributed by atoms with E-state index >= 15 is 0 Å². The molecule has 0 aliphatic heterocycles. The molecule has 0 saturated carbocycles. The number of carbonyl (C=O) groups excluding carboxylic acids is 2. The zero-order valence-corrected chi connectivity index (χ0v) is 19.1. The number of hydrogen-bond acceptors (Lipinski definition) is 6. The first-order valence-corrected chi connectivity index (χ1v) is 10.7. The van der Waals surface area contributed by atoms with E-state index < -0.39 is 5.91 Å². The first-order chi connectivity index (χ1) is 16.4. The van der Waals surface area contributed by atoms with Gasteiger partial charge in [-0.1, -0.05) is 48.0 Å². The van der Waals surface area contributed by atoms with Crippen molar-refractivity contribution in [1.29, 1.82) is 0 Å². The molecule has 2 amide bonds. The van der Waals surface area contributed by atoms with Crippen LogP contribution in [0.25, 0.3) is 23.2 Å². The fourth-order valence-corrected chi connectivity index (χ4v) is 3.66. The summed E-state index contributed by atoms with van der Waals surface area (Å²) < 4.78 is 6.70. The van der Waals surface area contributed by atoms with Crippen molar-refractivity contribution < 1.29 is 14.0 Å². The van der Waals surface area contributed by atoms with E-state index in [1.165, 1.54) is 17.0 Å². The molecule has 2 heterocycles. The lowest BCUT2D eigenvalue weighted by Crippen LogP contribution is -2.35. The Balaban J connectivity index is 1.55. The fourth-order valence-electron chi connectivity index (χ4n) is 3.66. The third kappa shape index (κ3) is 5.09. The van der Waals surface area contributed by atoms with Gasteiger partial charge in [0.05, 0.1) is 12.8 Å². The van der Waals surface area contributed by atoms with Crippen LogP contribution in [0.1, 0.15) is 22.5 Å². The van der Waals surface area contributed by atoms with Gasteiger partial charge in [-0.15, -0.1) is 5.10 Å². The maximum absolute atomic E-state index is 13.2. The quantitative estimate of drug-likeness (QED) is 0.411. The fraction of sp³-hybridized carbons (Fsp3) is 0.160. The van der Waals surface area contributed by atoms with Crippen LogP contribution in [0.5, 0.6) is 0 Å². The molecule has 0 saturated heterocycles. The lowest BCUT2D eigenvalue weighted by Gasteiger charge is -2.14. The molecule has 0 spiro atoms. The summed E-state index contributed by atoms with van der Waals surface area (Å²) in [5.74, 6) is -0.0620. The molecular formula is C25H24N6O3. The summed E-state index contributed by atoms with van der Waals surface area (Å²) in [6.07, 6.45) is 3.02. The van der Waals surface area contributed by atoms with Crippen molar-refractivity contribution in [3.8, 4) is 11.4 Å². The van der Waals surface area contributed by atoms with Gasteiger partial charge in [0.2, 0.25) is 5.91 Å². The summed E-state index contributed by atoms with van der Waals surface area (Å²) in [6.45, 7) is 5.63. The number of carbonyl (C=O) groups is 2. The van der Waals surface area contributed by atoms with Gasteiger partial charge in [-0.05, 0) is 54.5 Å². The predicted molar refractivity (Wildman–Crippen MR) is 128 cm³/mol. The third-order valence-corrected chi connectivity index (χ3v) is 5.14. The summed E-state index contributed by atoms with van der Waals surface area (Å²) in [7, 11) is 0. The number of tetrazole rings is 1. The Bertz CT molecular complexity index is 1320. The van der Waals surface area contributed by atoms with Gasteiger partial charge in [0.25, 0.3) is 5.91 Å². The molecule has 0 unspecified atom stereocenters. The monoisotopic (exact) mass is 456 g/mol. The van der Waals surface area contributed by atoms with Crippen LogP contribution in [-0.2, 0) is 9.59 Å². The molecule has 0 aliphatic carbocycles. The largest absolute Gasteiger partial charge is 0.465 e. The molecule has 9 nitrogen and oxygen atoms in total. The van der Waals surface area contributed by atoms with E-state index in [0.29, 0.717) is 11.6 Å². The van der Waals surface area contributed by atoms with E-state index in [-0.39, 0.29) is 18.1 Å². The molecule has 2 N–H and O–H groups in total. The van der Waals surface area contributed by atoms with Crippen molar-refractivity contribution in [1.82, 2.24) is 25.5 Å². The summed E-state index contributed by atoms with van der Waals surface area (Å²) in [5.41, 5.74) is 4.60. The van der Waals surface area contributed by atoms with Crippen LogP contribution in [0, 0.1) is 20.8 Å². The molecule has 172 valence electrons. The molecule has 0 fully saturated rings. The van der Waals surface area contributed by atoms with E-state index in [1.807, 2.05) is 63.2 Å². The van der Waals surface area contributed by atoms with Crippen molar-refractivity contribution >= 4 is 29.3 Å². The zero-order chi connectivity index (χ0) is 24.1. The van der Waals surface area contributed by atoms with E-state index in [2.05, 4.69) is 26.2 Å². The number of nitrogens with one attached hydrogen (secondary N) is 2. The Hall–Kier alpha value is -4.53. The molecule has 2 aromatic heterocycles. The van der Waals surface area contributed by atoms with Crippen molar-refractivity contribution in [3.63, 3.8) is 0 Å². The molecule has 4 rings (SSSR count). The molecule has 0 bridgehead atoms. The normalized spacial score (nSPS) is 11.3. The number of nitrogens with zero attached hydrogens (tertiary/aromatic N) is 4. The first-order valence-electron chi connectivity index (χ1n) is 10.7. The number of aryl methyl sites for hydroxylation is 3. The Morgan fingerprint density at radius 1 is 1.03 bits per heavy atom. The molecular weight excluding hydrogens is 432 g/mol. The van der Waals surface area contributed by atoms with Crippen LogP contribution in [0.4, 0.5) is 5.69 Å². The minimum absolute atomic E-state index is 0.106. The molecule has 0 radical (unpaired) electrons. The highest BCUT2D eigenvalue weighted by Gasteiger charge is 2.20. The van der Waals surface area contributed by atoms with E-state index in [4.69, 9.17) is 4.42 Å². The van der Waals surface area contributed by atoms with Gasteiger partial charge in [-0.25, -0.2) is 0 Å². The van der Waals surface area contributed by atoms with Gasteiger partial charge in [0.1, 0.15) is 11.5 Å². The molecule has 0 aliphatic rings. The van der Waals surface area contributed by atoms with E-state index in [9.17, 15) is 9.59 Å². The number of amides is 2. The third-order valence-electron chi connectivity index (χ3n) is 5.14. The van der Waals surface area contributed by atoms with Crippen molar-refractivity contribution in [3.05, 3.63) is 83.3 Å². The van der Waals surface area contributed by atoms with Crippen LogP contribution in [0.15, 0.2) is 65.3 Å². The smallest absolute Gasteiger partial charge is 0.270 e. The Morgan fingerprint density at radius 3 is 2.44 bits per heavy atom. The Kier molecular flexibility index (Phi) is 6.63. The molecule has 4 aromatic rings. The number of hydrogen-bond donors (Lipinski definition) is 2. The number of rotatable bonds is 7. The average Bonchev–Trinajstić information content (AvgIpc) is 3.51. The molecule has 34 heavy (non-hydrogen) atoms. The highest BCUT2D eigenvalue weighted by molar-refractivity contribution is 6.19. The maximum Gasteiger partial charge on any atom is 0.270 e. The summed E-state index contributed by atoms with van der Waals surface area (Å²) in [6, 6.07) is 16.7. The SMILES string of the molecule is Cc1cc(C)c(NC(=O)CNC(=O)/C(=C\c2ccco2)n2nnnc2-c2ccccc2)c(C)c1. The zero-order valence-electron chi connectivity index (χ0n) is 19.1. The molecule has 0 atom stereocenters. The van der Waals surface area contributed by atoms with Crippen LogP contribution in [0.2, 0.25) is 0 Å². The number of benzene rings is 2. The summed E-state index contributed by atoms with van der Waals surface area (Å²) in [5, 5.41) is 17.3. The number of furan rings is 1. The van der Waals surface area contributed by atoms with Crippen molar-refractivity contribution in [2.24, 2.45) is 0 Å². The Labute approximate surface area is 196 Å². The number of anilines is 1. The van der Waals surface area contributed by atoms with Gasteiger partial charge in [-0.2, -0.15) is 4.68 Å². The summed E-state index contributed by atoms with van der Waals surface area (Å²) in [4.78, 5) is 25.8. The minimum atomic E-state index is -0.534. The standard InChI is InChI=1S/C25H24N6O3/c1-16-12-17(2)23(18(3)13-16)27-22(32)15-26-25(33)21(14-20-10-7-11-34-20)31-24(28-29-30-31)19-8-5-4-6-9-19/h4-14H,15H2,1-3H3,(H,26,33)(H,27,32)/b21-14+. The van der Waals surface area contributed by atoms with Gasteiger partial charge in [0.15, 0.2) is 5.82 Å². The second-order valence-corrected chi connectivity index (χ2v) is 7.83. The maximum atomic E-state index is 13.2. The first kappa shape index (κ1) is 22.7. The van der Waals surface area contributed by atoms with Crippen LogP contribution in [-0.4, -0.2) is 38.6 Å². The second kappa shape index (κ2) is 9.95. The van der Waals surface area contributed by atoms with Crippen LogP contribution < -0.4 is 10.6 Å². The average molecular weight is 457 g/mol. The molecule has 2 aromatic carbocycles. The number of aromatic nitrogens is 4. The second-order valence-electron chi connectivity index (χ2n) is 7.83. The lowest BCUT2D eigenvalue weighted by atomic mass is 10.1. The van der Waals surface area contributed by atoms with Gasteiger partial charge < -0.3 is 15.1 Å². The minimum Gasteiger partial charge on any atom is -0.465 e. The molecule has 9 heteroatoms. The highest BCUT2D eigenvalue weighted by atomic mass is 16.3. The van der Waals surface area contributed by atoms with Gasteiger partial charge in [-0.3, -0.25) is 9.59 Å². The topological polar surface area (TPSA) is 115 Å².